The molecule has 1 saturated carbocycles. The number of piperazine rings is 1. The summed E-state index contributed by atoms with van der Waals surface area (Å²) in [5.74, 6) is 0.123. The molecule has 0 atom stereocenters. The molecule has 2 fully saturated rings. The van der Waals surface area contributed by atoms with Crippen LogP contribution in [0.15, 0.2) is 54.6 Å². The SMILES string of the molecule is O=C(c1ccccc1)c1ccccc1C(=O)N1CCN(C(=O)C2CCCC2)CC1. The summed E-state index contributed by atoms with van der Waals surface area (Å²) in [5, 5.41) is 0. The molecular weight excluding hydrogens is 364 g/mol. The Balaban J connectivity index is 1.46. The summed E-state index contributed by atoms with van der Waals surface area (Å²) in [6, 6.07) is 16.0. The number of carbonyl (C=O) groups is 3. The maximum absolute atomic E-state index is 13.2. The monoisotopic (exact) mass is 390 g/mol. The topological polar surface area (TPSA) is 57.7 Å². The van der Waals surface area contributed by atoms with E-state index in [2.05, 4.69) is 0 Å². The van der Waals surface area contributed by atoms with E-state index >= 15 is 0 Å². The number of carbonyl (C=O) groups excluding carboxylic acids is 3. The highest BCUT2D eigenvalue weighted by atomic mass is 16.2. The maximum Gasteiger partial charge on any atom is 0.254 e. The van der Waals surface area contributed by atoms with Crippen molar-refractivity contribution < 1.29 is 14.4 Å². The average Bonchev–Trinajstić information content (AvgIpc) is 3.33. The van der Waals surface area contributed by atoms with Crippen LogP contribution in [-0.4, -0.2) is 53.6 Å². The van der Waals surface area contributed by atoms with E-state index in [0.717, 1.165) is 25.7 Å². The molecular formula is C24H26N2O3. The van der Waals surface area contributed by atoms with E-state index in [1.165, 1.54) is 0 Å². The van der Waals surface area contributed by atoms with Gasteiger partial charge in [0.05, 0.1) is 5.56 Å². The maximum atomic E-state index is 13.2. The number of rotatable bonds is 4. The molecule has 0 aromatic heterocycles. The molecule has 0 radical (unpaired) electrons. The Hall–Kier alpha value is -2.95. The molecule has 0 spiro atoms. The second-order valence-corrected chi connectivity index (χ2v) is 7.84. The van der Waals surface area contributed by atoms with Crippen molar-refractivity contribution >= 4 is 17.6 Å². The Morgan fingerprint density at radius 3 is 1.90 bits per heavy atom. The van der Waals surface area contributed by atoms with E-state index in [1.807, 2.05) is 23.1 Å². The summed E-state index contributed by atoms with van der Waals surface area (Å²) in [4.78, 5) is 42.4. The Morgan fingerprint density at radius 2 is 1.24 bits per heavy atom. The predicted octanol–water partition coefficient (Wildman–Crippen LogP) is 3.39. The van der Waals surface area contributed by atoms with Crippen LogP contribution in [0.4, 0.5) is 0 Å². The van der Waals surface area contributed by atoms with Gasteiger partial charge in [-0.15, -0.1) is 0 Å². The van der Waals surface area contributed by atoms with Crippen molar-refractivity contribution in [2.75, 3.05) is 26.2 Å². The van der Waals surface area contributed by atoms with Crippen LogP contribution >= 0.6 is 0 Å². The fraction of sp³-hybridized carbons (Fsp3) is 0.375. The number of benzene rings is 2. The van der Waals surface area contributed by atoms with Gasteiger partial charge >= 0.3 is 0 Å². The molecule has 1 aliphatic carbocycles. The molecule has 0 unspecified atom stereocenters. The lowest BCUT2D eigenvalue weighted by Crippen LogP contribution is -2.52. The minimum atomic E-state index is -0.149. The van der Waals surface area contributed by atoms with Crippen LogP contribution in [0.25, 0.3) is 0 Å². The van der Waals surface area contributed by atoms with Crippen LogP contribution < -0.4 is 0 Å². The summed E-state index contributed by atoms with van der Waals surface area (Å²) in [5.41, 5.74) is 1.42. The van der Waals surface area contributed by atoms with Crippen LogP contribution in [0.1, 0.15) is 52.0 Å². The highest BCUT2D eigenvalue weighted by Crippen LogP contribution is 2.27. The fourth-order valence-corrected chi connectivity index (χ4v) is 4.34. The number of ketones is 1. The van der Waals surface area contributed by atoms with E-state index in [1.54, 1.807) is 41.3 Å². The van der Waals surface area contributed by atoms with E-state index < -0.39 is 0 Å². The van der Waals surface area contributed by atoms with Crippen LogP contribution in [0.5, 0.6) is 0 Å². The van der Waals surface area contributed by atoms with Gasteiger partial charge in [0, 0.05) is 43.2 Å². The Kier molecular flexibility index (Phi) is 5.74. The second kappa shape index (κ2) is 8.60. The van der Waals surface area contributed by atoms with E-state index in [-0.39, 0.29) is 23.5 Å². The smallest absolute Gasteiger partial charge is 0.254 e. The molecule has 150 valence electrons. The summed E-state index contributed by atoms with van der Waals surface area (Å²) >= 11 is 0. The molecule has 2 amide bonds. The molecule has 0 N–H and O–H groups in total. The molecule has 1 saturated heterocycles. The van der Waals surface area contributed by atoms with E-state index in [9.17, 15) is 14.4 Å². The van der Waals surface area contributed by atoms with Gasteiger partial charge in [-0.2, -0.15) is 0 Å². The Labute approximate surface area is 171 Å². The normalized spacial score (nSPS) is 17.4. The third kappa shape index (κ3) is 4.09. The summed E-state index contributed by atoms with van der Waals surface area (Å²) in [7, 11) is 0. The largest absolute Gasteiger partial charge is 0.339 e. The fourth-order valence-electron chi connectivity index (χ4n) is 4.34. The van der Waals surface area contributed by atoms with Crippen molar-refractivity contribution in [3.05, 3.63) is 71.3 Å². The van der Waals surface area contributed by atoms with E-state index in [0.29, 0.717) is 42.9 Å². The molecule has 2 aromatic rings. The zero-order chi connectivity index (χ0) is 20.2. The zero-order valence-corrected chi connectivity index (χ0v) is 16.5. The van der Waals surface area contributed by atoms with Crippen LogP contribution in [0.2, 0.25) is 0 Å². The summed E-state index contributed by atoms with van der Waals surface area (Å²) < 4.78 is 0. The van der Waals surface area contributed by atoms with Crippen LogP contribution in [0, 0.1) is 5.92 Å². The summed E-state index contributed by atoms with van der Waals surface area (Å²) in [6.45, 7) is 2.14. The molecule has 1 heterocycles. The molecule has 4 rings (SSSR count). The molecule has 5 heteroatoms. The molecule has 2 aliphatic rings. The average molecular weight is 390 g/mol. The van der Waals surface area contributed by atoms with Crippen molar-refractivity contribution in [3.8, 4) is 0 Å². The van der Waals surface area contributed by atoms with Gasteiger partial charge in [0.2, 0.25) is 5.91 Å². The zero-order valence-electron chi connectivity index (χ0n) is 16.5. The standard InChI is InChI=1S/C24H26N2O3/c27-22(18-8-2-1-3-9-18)20-12-6-7-13-21(20)24(29)26-16-14-25(15-17-26)23(28)19-10-4-5-11-19/h1-3,6-9,12-13,19H,4-5,10-11,14-17H2. The lowest BCUT2D eigenvalue weighted by molar-refractivity contribution is -0.136. The van der Waals surface area contributed by atoms with Gasteiger partial charge in [-0.05, 0) is 18.9 Å². The van der Waals surface area contributed by atoms with Crippen molar-refractivity contribution in [1.29, 1.82) is 0 Å². The van der Waals surface area contributed by atoms with Crippen molar-refractivity contribution in [2.24, 2.45) is 5.92 Å². The summed E-state index contributed by atoms with van der Waals surface area (Å²) in [6.07, 6.45) is 4.27. The molecule has 0 bridgehead atoms. The third-order valence-electron chi connectivity index (χ3n) is 6.02. The Morgan fingerprint density at radius 1 is 0.690 bits per heavy atom. The highest BCUT2D eigenvalue weighted by Gasteiger charge is 2.31. The quantitative estimate of drug-likeness (QED) is 0.752. The van der Waals surface area contributed by atoms with Gasteiger partial charge in [0.15, 0.2) is 5.78 Å². The minimum absolute atomic E-state index is 0.141. The first-order valence-electron chi connectivity index (χ1n) is 10.4. The van der Waals surface area contributed by atoms with Crippen LogP contribution in [0.3, 0.4) is 0 Å². The first-order chi connectivity index (χ1) is 14.1. The van der Waals surface area contributed by atoms with Crippen molar-refractivity contribution in [1.82, 2.24) is 9.80 Å². The van der Waals surface area contributed by atoms with Gasteiger partial charge in [0.1, 0.15) is 0 Å². The van der Waals surface area contributed by atoms with Gasteiger partial charge in [-0.25, -0.2) is 0 Å². The Bertz CT molecular complexity index is 895. The second-order valence-electron chi connectivity index (χ2n) is 7.84. The number of hydrogen-bond donors (Lipinski definition) is 0. The van der Waals surface area contributed by atoms with Gasteiger partial charge in [-0.1, -0.05) is 61.4 Å². The number of amides is 2. The lowest BCUT2D eigenvalue weighted by Gasteiger charge is -2.36. The minimum Gasteiger partial charge on any atom is -0.339 e. The molecule has 2 aromatic carbocycles. The predicted molar refractivity (Wildman–Crippen MR) is 111 cm³/mol. The van der Waals surface area contributed by atoms with Crippen molar-refractivity contribution in [3.63, 3.8) is 0 Å². The van der Waals surface area contributed by atoms with E-state index in [4.69, 9.17) is 0 Å². The third-order valence-corrected chi connectivity index (χ3v) is 6.02. The van der Waals surface area contributed by atoms with Gasteiger partial charge in [-0.3, -0.25) is 14.4 Å². The number of nitrogens with zero attached hydrogens (tertiary/aromatic N) is 2. The van der Waals surface area contributed by atoms with Gasteiger partial charge < -0.3 is 9.80 Å². The van der Waals surface area contributed by atoms with Gasteiger partial charge in [0.25, 0.3) is 5.91 Å². The molecule has 1 aliphatic heterocycles. The number of hydrogen-bond acceptors (Lipinski definition) is 3. The first kappa shape index (κ1) is 19.4. The lowest BCUT2D eigenvalue weighted by atomic mass is 9.97. The van der Waals surface area contributed by atoms with Crippen LogP contribution in [-0.2, 0) is 4.79 Å². The highest BCUT2D eigenvalue weighted by molar-refractivity contribution is 6.15. The molecule has 29 heavy (non-hydrogen) atoms. The first-order valence-corrected chi connectivity index (χ1v) is 10.4. The molecule has 5 nitrogen and oxygen atoms in total. The van der Waals surface area contributed by atoms with Crippen molar-refractivity contribution in [2.45, 2.75) is 25.7 Å².